The van der Waals surface area contributed by atoms with E-state index in [-0.39, 0.29) is 30.8 Å². The van der Waals surface area contributed by atoms with Gasteiger partial charge in [-0.05, 0) is 81.7 Å². The van der Waals surface area contributed by atoms with Gasteiger partial charge in [0.15, 0.2) is 0 Å². The first-order valence-electron chi connectivity index (χ1n) is 15.1. The molecule has 0 bridgehead atoms. The lowest BCUT2D eigenvalue weighted by molar-refractivity contribution is -0.149. The van der Waals surface area contributed by atoms with Crippen molar-refractivity contribution in [1.29, 1.82) is 0 Å². The quantitative estimate of drug-likeness (QED) is 0.435. The molecule has 1 fully saturated rings. The summed E-state index contributed by atoms with van der Waals surface area (Å²) < 4.78 is 6.06. The maximum absolute atomic E-state index is 13.4. The number of aryl methyl sites for hydroxylation is 3. The highest BCUT2D eigenvalue weighted by Crippen LogP contribution is 2.34. The highest BCUT2D eigenvalue weighted by atomic mass is 16.5. The summed E-state index contributed by atoms with van der Waals surface area (Å²) in [6.45, 7) is 10.0. The van der Waals surface area contributed by atoms with Gasteiger partial charge in [-0.2, -0.15) is 0 Å². The summed E-state index contributed by atoms with van der Waals surface area (Å²) >= 11 is 0. The van der Waals surface area contributed by atoms with Crippen molar-refractivity contribution in [2.24, 2.45) is 5.92 Å². The smallest absolute Gasteiger partial charge is 0.246 e. The Kier molecular flexibility index (Phi) is 12.3. The summed E-state index contributed by atoms with van der Waals surface area (Å²) in [6, 6.07) is 12.8. The second-order valence-electron chi connectivity index (χ2n) is 11.9. The van der Waals surface area contributed by atoms with Crippen LogP contribution in [-0.4, -0.2) is 78.7 Å². The summed E-state index contributed by atoms with van der Waals surface area (Å²) in [5, 5.41) is 19.3. The zero-order chi connectivity index (χ0) is 31.6. The molecule has 1 aliphatic heterocycles. The molecule has 3 amide bonds. The Hall–Kier alpha value is -3.69. The van der Waals surface area contributed by atoms with Crippen LogP contribution in [0.15, 0.2) is 48.5 Å². The fourth-order valence-electron chi connectivity index (χ4n) is 5.04. The molecule has 2 unspecified atom stereocenters. The number of rotatable bonds is 3. The van der Waals surface area contributed by atoms with Crippen molar-refractivity contribution in [2.75, 3.05) is 33.3 Å². The molecule has 2 aromatic carbocycles. The molecule has 0 aromatic heterocycles. The lowest BCUT2D eigenvalue weighted by Gasteiger charge is -2.37. The van der Waals surface area contributed by atoms with E-state index in [1.165, 1.54) is 31.4 Å². The van der Waals surface area contributed by atoms with Crippen molar-refractivity contribution in [3.05, 3.63) is 70.8 Å². The van der Waals surface area contributed by atoms with Gasteiger partial charge in [0.25, 0.3) is 0 Å². The second-order valence-corrected chi connectivity index (χ2v) is 11.9. The number of nitrogens with one attached hydrogen (secondary N) is 3. The molecule has 2 atom stereocenters. The van der Waals surface area contributed by atoms with Crippen molar-refractivity contribution in [3.8, 4) is 5.75 Å². The third-order valence-corrected chi connectivity index (χ3v) is 7.75. The van der Waals surface area contributed by atoms with E-state index < -0.39 is 23.6 Å². The zero-order valence-corrected chi connectivity index (χ0v) is 26.4. The topological polar surface area (TPSA) is 120 Å². The van der Waals surface area contributed by atoms with Crippen LogP contribution in [0.1, 0.15) is 55.9 Å². The fourth-order valence-corrected chi connectivity index (χ4v) is 5.04. The molecule has 0 saturated heterocycles. The van der Waals surface area contributed by atoms with Crippen LogP contribution in [0.2, 0.25) is 0 Å². The molecule has 4 rings (SSSR count). The molecule has 1 aliphatic carbocycles. The number of fused-ring (bicyclic) bond motifs is 1. The predicted molar refractivity (Wildman–Crippen MR) is 170 cm³/mol. The molecule has 9 heteroatoms. The Morgan fingerprint density at radius 3 is 2.30 bits per heavy atom. The lowest BCUT2D eigenvalue weighted by atomic mass is 9.95. The highest BCUT2D eigenvalue weighted by Gasteiger charge is 2.44. The molecule has 234 valence electrons. The van der Waals surface area contributed by atoms with Crippen LogP contribution < -0.4 is 20.7 Å². The van der Waals surface area contributed by atoms with E-state index in [2.05, 4.69) is 47.1 Å². The van der Waals surface area contributed by atoms with Crippen LogP contribution in [0.3, 0.4) is 0 Å². The molecule has 0 spiro atoms. The van der Waals surface area contributed by atoms with Crippen LogP contribution in [0.4, 0.5) is 0 Å². The number of nitrogens with zero attached hydrogens (tertiary/aromatic N) is 1. The number of likely N-dealkylation sites (N-methyl/N-ethyl adjacent to an activating group) is 1. The average Bonchev–Trinajstić information content (AvgIpc) is 3.81. The van der Waals surface area contributed by atoms with E-state index in [1.54, 1.807) is 0 Å². The van der Waals surface area contributed by atoms with Gasteiger partial charge in [-0.3, -0.25) is 14.4 Å². The number of hydrogen-bond acceptors (Lipinski definition) is 6. The first-order chi connectivity index (χ1) is 20.4. The standard InChI is InChI=1S/C26H38N4O5.C8H10/c1-16-13-19-7-6-10-27-21(31)15-29-24(32)23(26(3,4)34)30(5)25(33)22(18-8-9-18)28-11-12-35-20(19)14-17(16)2;1-2-8-6-4-3-5-7-8/h6-7,13-14,18,22-23,28,34H,8-12,15H2,1-5H3,(H,27,31)(H,29,32);3-7H,2H2,1H3/b7-6+;. The fraction of sp³-hybridized carbons (Fsp3) is 0.500. The summed E-state index contributed by atoms with van der Waals surface area (Å²) in [5.41, 5.74) is 3.05. The van der Waals surface area contributed by atoms with Crippen LogP contribution in [0, 0.1) is 19.8 Å². The Morgan fingerprint density at radius 2 is 1.70 bits per heavy atom. The number of carbonyl (C=O) groups is 3. The normalized spacial score (nSPS) is 21.6. The van der Waals surface area contributed by atoms with Crippen LogP contribution >= 0.6 is 0 Å². The SMILES string of the molecule is CCc1ccccc1.Cc1cc2c(cc1C)OCCNC(C1CC1)C(=O)N(C)C(C(C)(C)O)C(=O)NCC(=O)NC/C=C/2. The van der Waals surface area contributed by atoms with E-state index in [1.807, 2.05) is 44.2 Å². The summed E-state index contributed by atoms with van der Waals surface area (Å²) in [6.07, 6.45) is 6.70. The Bertz CT molecular complexity index is 1270. The Labute approximate surface area is 256 Å². The molecule has 2 aromatic rings. The largest absolute Gasteiger partial charge is 0.492 e. The monoisotopic (exact) mass is 592 g/mol. The van der Waals surface area contributed by atoms with Crippen molar-refractivity contribution in [3.63, 3.8) is 0 Å². The molecular formula is C34H48N4O5. The minimum absolute atomic E-state index is 0.173. The van der Waals surface area contributed by atoms with Gasteiger partial charge < -0.3 is 30.7 Å². The summed E-state index contributed by atoms with van der Waals surface area (Å²) in [7, 11) is 1.52. The highest BCUT2D eigenvalue weighted by molar-refractivity contribution is 5.92. The number of benzene rings is 2. The number of amides is 3. The predicted octanol–water partition coefficient (Wildman–Crippen LogP) is 3.16. The molecule has 2 aliphatic rings. The van der Waals surface area contributed by atoms with Gasteiger partial charge in [0.2, 0.25) is 17.7 Å². The number of carbonyl (C=O) groups excluding carboxylic acids is 3. The molecule has 4 N–H and O–H groups in total. The van der Waals surface area contributed by atoms with E-state index in [4.69, 9.17) is 4.74 Å². The van der Waals surface area contributed by atoms with Gasteiger partial charge in [0.05, 0.1) is 18.2 Å². The number of ether oxygens (including phenoxy) is 1. The maximum atomic E-state index is 13.4. The van der Waals surface area contributed by atoms with E-state index in [0.717, 1.165) is 41.7 Å². The molecule has 1 saturated carbocycles. The molecule has 0 radical (unpaired) electrons. The Balaban J connectivity index is 0.000000546. The van der Waals surface area contributed by atoms with Crippen molar-refractivity contribution >= 4 is 23.8 Å². The van der Waals surface area contributed by atoms with Gasteiger partial charge in [-0.25, -0.2) is 0 Å². The number of hydrogen-bond donors (Lipinski definition) is 4. The minimum atomic E-state index is -1.51. The third-order valence-electron chi connectivity index (χ3n) is 7.75. The molecule has 1 heterocycles. The van der Waals surface area contributed by atoms with E-state index >= 15 is 0 Å². The summed E-state index contributed by atoms with van der Waals surface area (Å²) in [4.78, 5) is 39.9. The lowest BCUT2D eigenvalue weighted by Crippen LogP contribution is -2.62. The van der Waals surface area contributed by atoms with Gasteiger partial charge >= 0.3 is 0 Å². The van der Waals surface area contributed by atoms with Gasteiger partial charge in [-0.15, -0.1) is 0 Å². The third kappa shape index (κ3) is 10.2. The molecular weight excluding hydrogens is 544 g/mol. The first kappa shape index (κ1) is 33.8. The Morgan fingerprint density at radius 1 is 1.02 bits per heavy atom. The van der Waals surface area contributed by atoms with Crippen LogP contribution in [0.25, 0.3) is 6.08 Å². The second kappa shape index (κ2) is 15.7. The molecule has 43 heavy (non-hydrogen) atoms. The van der Waals surface area contributed by atoms with Crippen LogP contribution in [-0.2, 0) is 20.8 Å². The van der Waals surface area contributed by atoms with Gasteiger partial charge in [-0.1, -0.05) is 49.4 Å². The number of aliphatic hydroxyl groups is 1. The summed E-state index contributed by atoms with van der Waals surface area (Å²) in [5.74, 6) is -0.319. The first-order valence-corrected chi connectivity index (χ1v) is 15.1. The molecule has 9 nitrogen and oxygen atoms in total. The van der Waals surface area contributed by atoms with Gasteiger partial charge in [0.1, 0.15) is 18.4 Å². The average molecular weight is 593 g/mol. The van der Waals surface area contributed by atoms with Crippen molar-refractivity contribution in [1.82, 2.24) is 20.9 Å². The zero-order valence-electron chi connectivity index (χ0n) is 26.4. The van der Waals surface area contributed by atoms with Crippen molar-refractivity contribution < 1.29 is 24.2 Å². The van der Waals surface area contributed by atoms with Crippen LogP contribution in [0.5, 0.6) is 5.75 Å². The van der Waals surface area contributed by atoms with Crippen molar-refractivity contribution in [2.45, 2.75) is 71.6 Å². The van der Waals surface area contributed by atoms with Gasteiger partial charge in [0, 0.05) is 25.7 Å². The minimum Gasteiger partial charge on any atom is -0.492 e. The van der Waals surface area contributed by atoms with E-state index in [0.29, 0.717) is 13.2 Å². The van der Waals surface area contributed by atoms with E-state index in [9.17, 15) is 19.5 Å². The maximum Gasteiger partial charge on any atom is 0.246 e.